The van der Waals surface area contributed by atoms with Crippen LogP contribution in [-0.2, 0) is 4.79 Å². The third-order valence-corrected chi connectivity index (χ3v) is 3.36. The van der Waals surface area contributed by atoms with Gasteiger partial charge in [-0.2, -0.15) is 0 Å². The number of likely N-dealkylation sites (N-methyl/N-ethyl adjacent to an activating group) is 1. The highest BCUT2D eigenvalue weighted by molar-refractivity contribution is 5.61. The first-order chi connectivity index (χ1) is 8.15. The molecule has 0 radical (unpaired) electrons. The molecule has 0 saturated carbocycles. The molecule has 0 spiro atoms. The van der Waals surface area contributed by atoms with Crippen molar-refractivity contribution in [2.75, 3.05) is 13.6 Å². The van der Waals surface area contributed by atoms with Crippen LogP contribution in [0.2, 0.25) is 0 Å². The number of hydrogen-bond donors (Lipinski definition) is 0. The Hall–Kier alpha value is -1.75. The molecule has 1 aromatic rings. The Kier molecular flexibility index (Phi) is 3.19. The lowest BCUT2D eigenvalue weighted by Crippen LogP contribution is -2.31. The molecule has 0 N–H and O–H groups in total. The minimum atomic E-state index is -0.711. The Bertz CT molecular complexity index is 421. The van der Waals surface area contributed by atoms with E-state index in [1.54, 1.807) is 11.9 Å². The Morgan fingerprint density at radius 2 is 2.06 bits per heavy atom. The van der Waals surface area contributed by atoms with E-state index in [1.807, 2.05) is 30.3 Å². The van der Waals surface area contributed by atoms with Crippen LogP contribution in [0.25, 0.3) is 0 Å². The van der Waals surface area contributed by atoms with Gasteiger partial charge in [-0.15, -0.1) is 0 Å². The van der Waals surface area contributed by atoms with Crippen molar-refractivity contribution in [1.29, 1.82) is 0 Å². The number of carbonyl (C=O) groups excluding carboxylic acids is 1. The van der Waals surface area contributed by atoms with E-state index >= 15 is 0 Å². The van der Waals surface area contributed by atoms with E-state index in [4.69, 9.17) is 0 Å². The van der Waals surface area contributed by atoms with Gasteiger partial charge in [-0.3, -0.25) is 15.0 Å². The highest BCUT2D eigenvalue weighted by Gasteiger charge is 2.47. The van der Waals surface area contributed by atoms with E-state index in [2.05, 4.69) is 0 Å². The second-order valence-electron chi connectivity index (χ2n) is 4.36. The molecule has 5 nitrogen and oxygen atoms in total. The van der Waals surface area contributed by atoms with Gasteiger partial charge in [-0.05, 0) is 12.6 Å². The van der Waals surface area contributed by atoms with Gasteiger partial charge in [0.05, 0.1) is 18.5 Å². The standard InChI is InChI=1S/C12H14N2O3/c1-13-7-10(14(16)17)12(11(13)8-15)9-5-3-2-4-6-9/h2-6,8,10-12H,7H2,1H3/t10-,11+,12+/m0/s1. The Labute approximate surface area is 99.2 Å². The summed E-state index contributed by atoms with van der Waals surface area (Å²) in [5, 5.41) is 11.1. The first-order valence-corrected chi connectivity index (χ1v) is 5.49. The maximum Gasteiger partial charge on any atom is 0.234 e. The van der Waals surface area contributed by atoms with Crippen LogP contribution in [-0.4, -0.2) is 41.8 Å². The third kappa shape index (κ3) is 2.06. The summed E-state index contributed by atoms with van der Waals surface area (Å²) in [5.74, 6) is -0.353. The average Bonchev–Trinajstić information content (AvgIpc) is 2.67. The van der Waals surface area contributed by atoms with E-state index in [9.17, 15) is 14.9 Å². The van der Waals surface area contributed by atoms with Crippen molar-refractivity contribution in [3.05, 3.63) is 46.0 Å². The van der Waals surface area contributed by atoms with Gasteiger partial charge in [-0.25, -0.2) is 0 Å². The van der Waals surface area contributed by atoms with E-state index in [0.29, 0.717) is 6.54 Å². The molecule has 0 aliphatic carbocycles. The molecular weight excluding hydrogens is 220 g/mol. The molecular formula is C12H14N2O3. The maximum absolute atomic E-state index is 11.1. The molecule has 1 saturated heterocycles. The summed E-state index contributed by atoms with van der Waals surface area (Å²) in [6, 6.07) is 8.11. The second-order valence-corrected chi connectivity index (χ2v) is 4.36. The first-order valence-electron chi connectivity index (χ1n) is 5.49. The summed E-state index contributed by atoms with van der Waals surface area (Å²) in [7, 11) is 1.75. The molecule has 2 rings (SSSR count). The van der Waals surface area contributed by atoms with Crippen molar-refractivity contribution >= 4 is 6.29 Å². The molecule has 1 aliphatic heterocycles. The molecule has 3 atom stereocenters. The minimum absolute atomic E-state index is 0.280. The number of carbonyl (C=O) groups is 1. The summed E-state index contributed by atoms with van der Waals surface area (Å²) in [5.41, 5.74) is 0.857. The van der Waals surface area contributed by atoms with Crippen LogP contribution in [0, 0.1) is 10.1 Å². The molecule has 17 heavy (non-hydrogen) atoms. The van der Waals surface area contributed by atoms with Crippen molar-refractivity contribution in [2.24, 2.45) is 0 Å². The molecule has 0 unspecified atom stereocenters. The van der Waals surface area contributed by atoms with Crippen molar-refractivity contribution in [3.63, 3.8) is 0 Å². The number of nitro groups is 1. The maximum atomic E-state index is 11.1. The fourth-order valence-corrected chi connectivity index (χ4v) is 2.51. The molecule has 1 heterocycles. The van der Waals surface area contributed by atoms with Crippen LogP contribution in [0.3, 0.4) is 0 Å². The molecule has 1 aliphatic rings. The Morgan fingerprint density at radius 3 is 2.59 bits per heavy atom. The number of aldehydes is 1. The van der Waals surface area contributed by atoms with Crippen LogP contribution >= 0.6 is 0 Å². The monoisotopic (exact) mass is 234 g/mol. The smallest absolute Gasteiger partial charge is 0.234 e. The molecule has 1 aromatic carbocycles. The first kappa shape index (κ1) is 11.7. The van der Waals surface area contributed by atoms with Gasteiger partial charge in [0.15, 0.2) is 0 Å². The zero-order valence-corrected chi connectivity index (χ0v) is 9.52. The van der Waals surface area contributed by atoms with Gasteiger partial charge in [0.1, 0.15) is 6.29 Å². The number of hydrogen-bond acceptors (Lipinski definition) is 4. The lowest BCUT2D eigenvalue weighted by Gasteiger charge is -2.18. The van der Waals surface area contributed by atoms with Crippen LogP contribution < -0.4 is 0 Å². The number of benzene rings is 1. The van der Waals surface area contributed by atoms with Crippen LogP contribution in [0.5, 0.6) is 0 Å². The largest absolute Gasteiger partial charge is 0.302 e. The zero-order chi connectivity index (χ0) is 12.4. The Balaban J connectivity index is 2.38. The van der Waals surface area contributed by atoms with Gasteiger partial charge < -0.3 is 4.79 Å². The lowest BCUT2D eigenvalue weighted by atomic mass is 9.89. The van der Waals surface area contributed by atoms with Crippen LogP contribution in [0.15, 0.2) is 30.3 Å². The van der Waals surface area contributed by atoms with Gasteiger partial charge in [0.2, 0.25) is 6.04 Å². The van der Waals surface area contributed by atoms with Crippen LogP contribution in [0.1, 0.15) is 11.5 Å². The zero-order valence-electron chi connectivity index (χ0n) is 9.52. The van der Waals surface area contributed by atoms with Gasteiger partial charge in [0.25, 0.3) is 0 Å². The summed E-state index contributed by atoms with van der Waals surface area (Å²) in [4.78, 5) is 23.6. The molecule has 5 heteroatoms. The fraction of sp³-hybridized carbons (Fsp3) is 0.417. The summed E-state index contributed by atoms with van der Waals surface area (Å²) in [6.45, 7) is 0.315. The predicted octanol–water partition coefficient (Wildman–Crippen LogP) is 0.928. The summed E-state index contributed by atoms with van der Waals surface area (Å²) in [6.07, 6.45) is 0.807. The predicted molar refractivity (Wildman–Crippen MR) is 62.4 cm³/mol. The fourth-order valence-electron chi connectivity index (χ4n) is 2.51. The van der Waals surface area contributed by atoms with E-state index in [0.717, 1.165) is 11.8 Å². The van der Waals surface area contributed by atoms with Crippen molar-refractivity contribution in [1.82, 2.24) is 4.90 Å². The van der Waals surface area contributed by atoms with Crippen molar-refractivity contribution in [3.8, 4) is 0 Å². The van der Waals surface area contributed by atoms with Gasteiger partial charge in [0, 0.05) is 4.92 Å². The van der Waals surface area contributed by atoms with Crippen molar-refractivity contribution in [2.45, 2.75) is 18.0 Å². The average molecular weight is 234 g/mol. The van der Waals surface area contributed by atoms with E-state index < -0.39 is 12.1 Å². The highest BCUT2D eigenvalue weighted by atomic mass is 16.6. The minimum Gasteiger partial charge on any atom is -0.302 e. The third-order valence-electron chi connectivity index (χ3n) is 3.36. The number of nitrogens with zero attached hydrogens (tertiary/aromatic N) is 2. The van der Waals surface area contributed by atoms with E-state index in [1.165, 1.54) is 0 Å². The molecule has 1 fully saturated rings. The second kappa shape index (κ2) is 4.63. The van der Waals surface area contributed by atoms with Crippen molar-refractivity contribution < 1.29 is 9.72 Å². The van der Waals surface area contributed by atoms with E-state index in [-0.39, 0.29) is 10.8 Å². The Morgan fingerprint density at radius 1 is 1.41 bits per heavy atom. The molecule has 90 valence electrons. The lowest BCUT2D eigenvalue weighted by molar-refractivity contribution is -0.521. The highest BCUT2D eigenvalue weighted by Crippen LogP contribution is 2.33. The molecule has 0 aromatic heterocycles. The normalized spacial score (nSPS) is 29.1. The quantitative estimate of drug-likeness (QED) is 0.443. The van der Waals surface area contributed by atoms with Crippen LogP contribution in [0.4, 0.5) is 0 Å². The number of likely N-dealkylation sites (tertiary alicyclic amines) is 1. The number of rotatable bonds is 3. The SMILES string of the molecule is CN1C[C@H]([N+](=O)[O-])[C@@H](c2ccccc2)[C@H]1C=O. The van der Waals surface area contributed by atoms with Gasteiger partial charge >= 0.3 is 0 Å². The molecule has 0 amide bonds. The summed E-state index contributed by atoms with van der Waals surface area (Å²) >= 11 is 0. The van der Waals surface area contributed by atoms with Gasteiger partial charge in [-0.1, -0.05) is 30.3 Å². The topological polar surface area (TPSA) is 63.4 Å². The summed E-state index contributed by atoms with van der Waals surface area (Å²) < 4.78 is 0. The molecule has 0 bridgehead atoms.